The van der Waals surface area contributed by atoms with Crippen molar-refractivity contribution >= 4 is 52.6 Å². The molecule has 0 atom stereocenters. The van der Waals surface area contributed by atoms with E-state index < -0.39 is 0 Å². The van der Waals surface area contributed by atoms with Crippen molar-refractivity contribution in [1.82, 2.24) is 20.6 Å². The minimum atomic E-state index is 0. The van der Waals surface area contributed by atoms with Gasteiger partial charge in [-0.1, -0.05) is 30.3 Å². The summed E-state index contributed by atoms with van der Waals surface area (Å²) in [6.45, 7) is 8.44. The number of benzene rings is 1. The van der Waals surface area contributed by atoms with Gasteiger partial charge in [-0.2, -0.15) is 0 Å². The van der Waals surface area contributed by atoms with Crippen molar-refractivity contribution in [3.63, 3.8) is 0 Å². The lowest BCUT2D eigenvalue weighted by atomic mass is 10.2. The van der Waals surface area contributed by atoms with Gasteiger partial charge in [-0.25, -0.2) is 15.0 Å². The zero-order valence-corrected chi connectivity index (χ0v) is 20.3. The molecule has 0 aliphatic rings. The number of halogens is 1. The van der Waals surface area contributed by atoms with Crippen LogP contribution in [-0.4, -0.2) is 29.0 Å². The molecule has 2 aromatic heterocycles. The molecule has 0 unspecified atom stereocenters. The van der Waals surface area contributed by atoms with E-state index in [1.807, 2.05) is 32.0 Å². The molecule has 2 heterocycles. The van der Waals surface area contributed by atoms with Gasteiger partial charge in [0.05, 0.1) is 22.9 Å². The van der Waals surface area contributed by atoms with E-state index in [-0.39, 0.29) is 24.0 Å². The fraction of sp³-hybridized carbons (Fsp3) is 0.350. The van der Waals surface area contributed by atoms with Crippen LogP contribution in [-0.2, 0) is 13.0 Å². The van der Waals surface area contributed by atoms with Gasteiger partial charge in [0, 0.05) is 35.3 Å². The van der Waals surface area contributed by atoms with Crippen LogP contribution in [0.4, 0.5) is 0 Å². The van der Waals surface area contributed by atoms with Crippen molar-refractivity contribution in [2.75, 3.05) is 13.1 Å². The van der Waals surface area contributed by atoms with E-state index in [1.165, 1.54) is 10.4 Å². The lowest BCUT2D eigenvalue weighted by molar-refractivity contribution is 0.792. The van der Waals surface area contributed by atoms with Gasteiger partial charge in [-0.15, -0.1) is 46.7 Å². The third kappa shape index (κ3) is 6.52. The van der Waals surface area contributed by atoms with Gasteiger partial charge >= 0.3 is 0 Å². The Balaban J connectivity index is 0.00000280. The zero-order chi connectivity index (χ0) is 19.1. The fourth-order valence-electron chi connectivity index (χ4n) is 2.66. The van der Waals surface area contributed by atoms with Gasteiger partial charge in [0.15, 0.2) is 5.96 Å². The Morgan fingerprint density at radius 1 is 1.11 bits per heavy atom. The summed E-state index contributed by atoms with van der Waals surface area (Å²) in [5.41, 5.74) is 3.36. The first-order valence-electron chi connectivity index (χ1n) is 9.10. The third-order valence-corrected chi connectivity index (χ3v) is 5.97. The van der Waals surface area contributed by atoms with Crippen LogP contribution < -0.4 is 10.6 Å². The summed E-state index contributed by atoms with van der Waals surface area (Å²) < 4.78 is 0. The van der Waals surface area contributed by atoms with Crippen LogP contribution in [0, 0.1) is 13.8 Å². The molecule has 1 aromatic carbocycles. The minimum absolute atomic E-state index is 0. The topological polar surface area (TPSA) is 62.2 Å². The van der Waals surface area contributed by atoms with Crippen LogP contribution in [0.15, 0.2) is 40.7 Å². The third-order valence-electron chi connectivity index (χ3n) is 3.97. The largest absolute Gasteiger partial charge is 0.357 e. The Kier molecular flexibility index (Phi) is 9.33. The predicted octanol–water partition coefficient (Wildman–Crippen LogP) is 4.80. The van der Waals surface area contributed by atoms with E-state index in [2.05, 4.69) is 45.0 Å². The first-order chi connectivity index (χ1) is 13.2. The number of guanidine groups is 1. The molecule has 0 fully saturated rings. The van der Waals surface area contributed by atoms with E-state index in [0.717, 1.165) is 46.9 Å². The van der Waals surface area contributed by atoms with Gasteiger partial charge in [0.1, 0.15) is 5.01 Å². The highest BCUT2D eigenvalue weighted by molar-refractivity contribution is 14.0. The average molecular weight is 528 g/mol. The maximum atomic E-state index is 4.74. The van der Waals surface area contributed by atoms with E-state index in [1.54, 1.807) is 22.7 Å². The second-order valence-corrected chi connectivity index (χ2v) is 8.27. The van der Waals surface area contributed by atoms with E-state index >= 15 is 0 Å². The smallest absolute Gasteiger partial charge is 0.191 e. The van der Waals surface area contributed by atoms with Crippen LogP contribution in [0.3, 0.4) is 0 Å². The minimum Gasteiger partial charge on any atom is -0.357 e. The molecule has 3 aromatic rings. The van der Waals surface area contributed by atoms with Gasteiger partial charge in [-0.05, 0) is 20.8 Å². The molecule has 28 heavy (non-hydrogen) atoms. The predicted molar refractivity (Wildman–Crippen MR) is 131 cm³/mol. The summed E-state index contributed by atoms with van der Waals surface area (Å²) in [5.74, 6) is 0.835. The average Bonchev–Trinajstić information content (AvgIpc) is 3.26. The number of aromatic nitrogens is 2. The molecular weight excluding hydrogens is 501 g/mol. The molecule has 0 bridgehead atoms. The zero-order valence-electron chi connectivity index (χ0n) is 16.4. The lowest BCUT2D eigenvalue weighted by Crippen LogP contribution is -2.38. The number of hydrogen-bond donors (Lipinski definition) is 2. The molecule has 150 valence electrons. The maximum Gasteiger partial charge on any atom is 0.191 e. The molecule has 0 aliphatic carbocycles. The summed E-state index contributed by atoms with van der Waals surface area (Å²) in [4.78, 5) is 15.1. The van der Waals surface area contributed by atoms with Gasteiger partial charge in [0.2, 0.25) is 0 Å². The Morgan fingerprint density at radius 2 is 1.89 bits per heavy atom. The number of aryl methyl sites for hydroxylation is 2. The molecule has 2 N–H and O–H groups in total. The van der Waals surface area contributed by atoms with E-state index in [9.17, 15) is 0 Å². The van der Waals surface area contributed by atoms with Crippen LogP contribution in [0.5, 0.6) is 0 Å². The summed E-state index contributed by atoms with van der Waals surface area (Å²) >= 11 is 3.41. The number of thiazole rings is 2. The Morgan fingerprint density at radius 3 is 2.57 bits per heavy atom. The highest BCUT2D eigenvalue weighted by Crippen LogP contribution is 2.23. The summed E-state index contributed by atoms with van der Waals surface area (Å²) in [6.07, 6.45) is 0.868. The van der Waals surface area contributed by atoms with Crippen molar-refractivity contribution in [3.8, 4) is 10.6 Å². The molecule has 0 aliphatic heterocycles. The molecule has 0 spiro atoms. The molecule has 0 saturated heterocycles. The quantitative estimate of drug-likeness (QED) is 0.263. The Hall–Kier alpha value is -1.52. The van der Waals surface area contributed by atoms with Crippen molar-refractivity contribution < 1.29 is 0 Å². The van der Waals surface area contributed by atoms with Crippen molar-refractivity contribution in [3.05, 3.63) is 57.0 Å². The fourth-order valence-corrected chi connectivity index (χ4v) is 4.38. The van der Waals surface area contributed by atoms with Crippen LogP contribution in [0.25, 0.3) is 10.6 Å². The van der Waals surface area contributed by atoms with E-state index in [0.29, 0.717) is 6.54 Å². The molecule has 0 saturated carbocycles. The number of aliphatic imine (C=N–C) groups is 1. The summed E-state index contributed by atoms with van der Waals surface area (Å²) in [5, 5.41) is 11.0. The molecule has 0 amide bonds. The highest BCUT2D eigenvalue weighted by atomic mass is 127. The standard InChI is InChI=1S/C20H25N5S2.HI/c1-4-21-20(23-12-18-14(2)24-15(3)27-18)22-11-10-17-13-26-19(25-17)16-8-6-5-7-9-16;/h5-9,13H,4,10-12H2,1-3H3,(H2,21,22,23);1H. The van der Waals surface area contributed by atoms with Crippen molar-refractivity contribution in [2.45, 2.75) is 33.7 Å². The van der Waals surface area contributed by atoms with Gasteiger partial charge in [-0.3, -0.25) is 0 Å². The Labute approximate surface area is 191 Å². The van der Waals surface area contributed by atoms with Crippen LogP contribution in [0.2, 0.25) is 0 Å². The van der Waals surface area contributed by atoms with Gasteiger partial charge in [0.25, 0.3) is 0 Å². The molecule has 5 nitrogen and oxygen atoms in total. The van der Waals surface area contributed by atoms with E-state index in [4.69, 9.17) is 4.98 Å². The first-order valence-corrected chi connectivity index (χ1v) is 10.8. The maximum absolute atomic E-state index is 4.74. The number of nitrogens with one attached hydrogen (secondary N) is 2. The molecule has 0 radical (unpaired) electrons. The highest BCUT2D eigenvalue weighted by Gasteiger charge is 2.06. The Bertz CT molecular complexity index is 889. The second-order valence-electron chi connectivity index (χ2n) is 6.12. The second kappa shape index (κ2) is 11.5. The number of rotatable bonds is 7. The van der Waals surface area contributed by atoms with Crippen LogP contribution >= 0.6 is 46.7 Å². The van der Waals surface area contributed by atoms with Crippen molar-refractivity contribution in [1.29, 1.82) is 0 Å². The molecule has 8 heteroatoms. The number of nitrogens with zero attached hydrogens (tertiary/aromatic N) is 3. The summed E-state index contributed by atoms with van der Waals surface area (Å²) in [6, 6.07) is 10.3. The number of hydrogen-bond acceptors (Lipinski definition) is 5. The lowest BCUT2D eigenvalue weighted by Gasteiger charge is -2.10. The summed E-state index contributed by atoms with van der Waals surface area (Å²) in [7, 11) is 0. The van der Waals surface area contributed by atoms with Gasteiger partial charge < -0.3 is 10.6 Å². The first kappa shape index (κ1) is 22.8. The SMILES string of the molecule is CCNC(=NCc1sc(C)nc1C)NCCc1csc(-c2ccccc2)n1.I. The molecular formula is C20H26IN5S2. The monoisotopic (exact) mass is 527 g/mol. The normalized spacial score (nSPS) is 11.2. The molecule has 3 rings (SSSR count). The van der Waals surface area contributed by atoms with Crippen molar-refractivity contribution in [2.24, 2.45) is 4.99 Å². The van der Waals surface area contributed by atoms with Crippen LogP contribution in [0.1, 0.15) is 28.2 Å².